The van der Waals surface area contributed by atoms with E-state index < -0.39 is 0 Å². The summed E-state index contributed by atoms with van der Waals surface area (Å²) in [7, 11) is 0. The van der Waals surface area contributed by atoms with Crippen molar-refractivity contribution in [3.63, 3.8) is 0 Å². The third-order valence-corrected chi connectivity index (χ3v) is 3.91. The molecule has 1 aliphatic rings. The van der Waals surface area contributed by atoms with Gasteiger partial charge in [-0.2, -0.15) is 0 Å². The van der Waals surface area contributed by atoms with Gasteiger partial charge >= 0.3 is 0 Å². The van der Waals surface area contributed by atoms with Gasteiger partial charge in [-0.3, -0.25) is 4.90 Å². The highest BCUT2D eigenvalue weighted by molar-refractivity contribution is 6.31. The van der Waals surface area contributed by atoms with Crippen molar-refractivity contribution in [2.75, 3.05) is 19.7 Å². The highest BCUT2D eigenvalue weighted by Gasteiger charge is 2.20. The zero-order valence-electron chi connectivity index (χ0n) is 10.4. The third kappa shape index (κ3) is 3.67. The summed E-state index contributed by atoms with van der Waals surface area (Å²) in [5, 5.41) is 9.61. The molecular weight excluding hydrogens is 253 g/mol. The first-order chi connectivity index (χ1) is 8.69. The molecule has 1 fully saturated rings. The quantitative estimate of drug-likeness (QED) is 0.910. The highest BCUT2D eigenvalue weighted by Crippen LogP contribution is 2.24. The number of aliphatic hydroxyl groups is 1. The van der Waals surface area contributed by atoms with Crippen LogP contribution in [0, 0.1) is 11.7 Å². The van der Waals surface area contributed by atoms with Crippen LogP contribution in [0.5, 0.6) is 0 Å². The number of piperidine rings is 1. The molecule has 1 unspecified atom stereocenters. The molecule has 100 valence electrons. The van der Waals surface area contributed by atoms with Crippen molar-refractivity contribution in [2.45, 2.75) is 25.8 Å². The molecule has 0 spiro atoms. The van der Waals surface area contributed by atoms with Crippen molar-refractivity contribution in [1.82, 2.24) is 4.90 Å². The van der Waals surface area contributed by atoms with Crippen LogP contribution in [-0.2, 0) is 6.54 Å². The summed E-state index contributed by atoms with van der Waals surface area (Å²) >= 11 is 6.08. The molecule has 2 nitrogen and oxygen atoms in total. The first-order valence-corrected chi connectivity index (χ1v) is 6.84. The van der Waals surface area contributed by atoms with E-state index in [1.807, 2.05) is 0 Å². The van der Waals surface area contributed by atoms with E-state index in [9.17, 15) is 4.39 Å². The fourth-order valence-electron chi connectivity index (χ4n) is 2.62. The smallest absolute Gasteiger partial charge is 0.123 e. The van der Waals surface area contributed by atoms with Gasteiger partial charge in [0, 0.05) is 24.7 Å². The minimum absolute atomic E-state index is 0.238. The molecule has 1 N–H and O–H groups in total. The van der Waals surface area contributed by atoms with E-state index in [0.717, 1.165) is 31.5 Å². The Morgan fingerprint density at radius 1 is 1.44 bits per heavy atom. The van der Waals surface area contributed by atoms with E-state index in [-0.39, 0.29) is 12.4 Å². The van der Waals surface area contributed by atoms with E-state index in [2.05, 4.69) is 4.90 Å². The molecule has 1 saturated heterocycles. The Hall–Kier alpha value is -0.640. The number of hydrogen-bond donors (Lipinski definition) is 1. The fraction of sp³-hybridized carbons (Fsp3) is 0.571. The lowest BCUT2D eigenvalue weighted by Gasteiger charge is -2.32. The molecule has 1 aliphatic heterocycles. The topological polar surface area (TPSA) is 23.5 Å². The van der Waals surface area contributed by atoms with Crippen molar-refractivity contribution in [1.29, 1.82) is 0 Å². The van der Waals surface area contributed by atoms with Crippen molar-refractivity contribution in [2.24, 2.45) is 5.92 Å². The van der Waals surface area contributed by atoms with Gasteiger partial charge in [-0.05, 0) is 55.5 Å². The van der Waals surface area contributed by atoms with Crippen LogP contribution in [0.2, 0.25) is 5.02 Å². The average Bonchev–Trinajstić information content (AvgIpc) is 2.35. The molecule has 0 aliphatic carbocycles. The van der Waals surface area contributed by atoms with E-state index in [4.69, 9.17) is 16.7 Å². The van der Waals surface area contributed by atoms with E-state index in [0.29, 0.717) is 17.5 Å². The number of rotatable bonds is 4. The molecule has 1 heterocycles. The van der Waals surface area contributed by atoms with Crippen LogP contribution in [0.1, 0.15) is 24.8 Å². The second-order valence-electron chi connectivity index (χ2n) is 4.99. The Bertz CT molecular complexity index is 397. The molecule has 1 atom stereocenters. The van der Waals surface area contributed by atoms with E-state index in [1.54, 1.807) is 6.07 Å². The number of aliphatic hydroxyl groups excluding tert-OH is 1. The molecule has 1 aromatic rings. The van der Waals surface area contributed by atoms with Gasteiger partial charge in [0.05, 0.1) is 0 Å². The fourth-order valence-corrected chi connectivity index (χ4v) is 2.80. The number of nitrogens with zero attached hydrogens (tertiary/aromatic N) is 1. The monoisotopic (exact) mass is 271 g/mol. The molecule has 0 saturated carbocycles. The first kappa shape index (κ1) is 13.8. The standard InChI is InChI=1S/C14H19ClFNO/c15-14-4-3-13(16)8-12(14)10-17-6-1-2-11(9-17)5-7-18/h3-4,8,11,18H,1-2,5-7,9-10H2. The van der Waals surface area contributed by atoms with Crippen molar-refractivity contribution >= 4 is 11.6 Å². The lowest BCUT2D eigenvalue weighted by atomic mass is 9.95. The zero-order chi connectivity index (χ0) is 13.0. The largest absolute Gasteiger partial charge is 0.396 e. The third-order valence-electron chi connectivity index (χ3n) is 3.54. The molecule has 0 bridgehead atoms. The number of likely N-dealkylation sites (tertiary alicyclic amines) is 1. The maximum atomic E-state index is 13.2. The van der Waals surface area contributed by atoms with Gasteiger partial charge in [-0.1, -0.05) is 11.6 Å². The maximum absolute atomic E-state index is 13.2. The highest BCUT2D eigenvalue weighted by atomic mass is 35.5. The minimum Gasteiger partial charge on any atom is -0.396 e. The Morgan fingerprint density at radius 2 is 2.28 bits per heavy atom. The van der Waals surface area contributed by atoms with Crippen LogP contribution in [0.4, 0.5) is 4.39 Å². The van der Waals surface area contributed by atoms with Gasteiger partial charge in [0.2, 0.25) is 0 Å². The van der Waals surface area contributed by atoms with Crippen molar-refractivity contribution < 1.29 is 9.50 Å². The summed E-state index contributed by atoms with van der Waals surface area (Å²) in [6.45, 7) is 2.93. The van der Waals surface area contributed by atoms with Crippen LogP contribution in [-0.4, -0.2) is 29.7 Å². The van der Waals surface area contributed by atoms with Gasteiger partial charge < -0.3 is 5.11 Å². The summed E-state index contributed by atoms with van der Waals surface area (Å²) in [5.41, 5.74) is 0.848. The summed E-state index contributed by atoms with van der Waals surface area (Å²) in [6, 6.07) is 4.51. The Kier molecular flexibility index (Phi) is 4.98. The summed E-state index contributed by atoms with van der Waals surface area (Å²) < 4.78 is 13.2. The molecule has 0 aromatic heterocycles. The Morgan fingerprint density at radius 3 is 3.06 bits per heavy atom. The zero-order valence-corrected chi connectivity index (χ0v) is 11.2. The molecular formula is C14H19ClFNO. The van der Waals surface area contributed by atoms with Crippen molar-refractivity contribution in [3.8, 4) is 0 Å². The minimum atomic E-state index is -0.238. The SMILES string of the molecule is OCCC1CCCN(Cc2cc(F)ccc2Cl)C1. The van der Waals surface area contributed by atoms with Crippen LogP contribution < -0.4 is 0 Å². The van der Waals surface area contributed by atoms with Crippen molar-refractivity contribution in [3.05, 3.63) is 34.6 Å². The lowest BCUT2D eigenvalue weighted by Crippen LogP contribution is -2.35. The molecule has 4 heteroatoms. The summed E-state index contributed by atoms with van der Waals surface area (Å²) in [4.78, 5) is 2.30. The van der Waals surface area contributed by atoms with Gasteiger partial charge in [0.1, 0.15) is 5.82 Å². The van der Waals surface area contributed by atoms with Gasteiger partial charge in [0.25, 0.3) is 0 Å². The van der Waals surface area contributed by atoms with Crippen LogP contribution in [0.25, 0.3) is 0 Å². The second-order valence-corrected chi connectivity index (χ2v) is 5.40. The maximum Gasteiger partial charge on any atom is 0.123 e. The van der Waals surface area contributed by atoms with Gasteiger partial charge in [-0.15, -0.1) is 0 Å². The Balaban J connectivity index is 1.98. The molecule has 0 amide bonds. The van der Waals surface area contributed by atoms with Crippen LogP contribution in [0.15, 0.2) is 18.2 Å². The second kappa shape index (κ2) is 6.50. The number of halogens is 2. The predicted octanol–water partition coefficient (Wildman–Crippen LogP) is 3.07. The molecule has 2 rings (SSSR count). The van der Waals surface area contributed by atoms with E-state index in [1.165, 1.54) is 18.6 Å². The molecule has 18 heavy (non-hydrogen) atoms. The van der Waals surface area contributed by atoms with Gasteiger partial charge in [0.15, 0.2) is 0 Å². The average molecular weight is 272 g/mol. The van der Waals surface area contributed by atoms with Gasteiger partial charge in [-0.25, -0.2) is 4.39 Å². The van der Waals surface area contributed by atoms with E-state index >= 15 is 0 Å². The molecule has 0 radical (unpaired) electrons. The number of hydrogen-bond acceptors (Lipinski definition) is 2. The molecule has 1 aromatic carbocycles. The summed E-state index contributed by atoms with van der Waals surface area (Å²) in [5.74, 6) is 0.314. The first-order valence-electron chi connectivity index (χ1n) is 6.46. The summed E-state index contributed by atoms with van der Waals surface area (Å²) in [6.07, 6.45) is 3.17. The lowest BCUT2D eigenvalue weighted by molar-refractivity contribution is 0.142. The predicted molar refractivity (Wildman–Crippen MR) is 71.1 cm³/mol. The number of benzene rings is 1. The normalized spacial score (nSPS) is 21.2. The Labute approximate surface area is 112 Å². The van der Waals surface area contributed by atoms with Crippen LogP contribution >= 0.6 is 11.6 Å². The van der Waals surface area contributed by atoms with Crippen LogP contribution in [0.3, 0.4) is 0 Å².